The number of thioether (sulfide) groups is 1. The maximum atomic E-state index is 12.7. The molecule has 0 atom stereocenters. The number of para-hydroxylation sites is 1. The Hall–Kier alpha value is -2.62. The van der Waals surface area contributed by atoms with Gasteiger partial charge in [0.25, 0.3) is 5.91 Å². The molecule has 0 fully saturated rings. The first-order chi connectivity index (χ1) is 16.1. The van der Waals surface area contributed by atoms with Crippen LogP contribution in [0.2, 0.25) is 0 Å². The van der Waals surface area contributed by atoms with Gasteiger partial charge in [-0.15, -0.1) is 11.8 Å². The summed E-state index contributed by atoms with van der Waals surface area (Å²) in [6.07, 6.45) is 0.874. The topological polar surface area (TPSA) is 73.1 Å². The van der Waals surface area contributed by atoms with E-state index in [4.69, 9.17) is 9.47 Å². The Morgan fingerprint density at radius 3 is 2.85 bits per heavy atom. The van der Waals surface area contributed by atoms with Crippen LogP contribution in [0, 0.1) is 0 Å². The van der Waals surface area contributed by atoms with Gasteiger partial charge in [-0.1, -0.05) is 29.5 Å². The second kappa shape index (κ2) is 11.0. The zero-order valence-corrected chi connectivity index (χ0v) is 20.4. The van der Waals surface area contributed by atoms with Gasteiger partial charge in [0.1, 0.15) is 5.75 Å². The van der Waals surface area contributed by atoms with E-state index in [-0.39, 0.29) is 23.3 Å². The Morgan fingerprint density at radius 2 is 2.03 bits per heavy atom. The molecule has 1 aliphatic heterocycles. The molecule has 1 aliphatic rings. The summed E-state index contributed by atoms with van der Waals surface area (Å²) in [7, 11) is 1.63. The van der Waals surface area contributed by atoms with Crippen LogP contribution in [0.15, 0.2) is 47.5 Å². The monoisotopic (exact) mass is 485 g/mol. The summed E-state index contributed by atoms with van der Waals surface area (Å²) in [5.74, 6) is 0.946. The Balaban J connectivity index is 1.43. The molecule has 0 N–H and O–H groups in total. The lowest BCUT2D eigenvalue weighted by atomic mass is 10.2. The van der Waals surface area contributed by atoms with Crippen molar-refractivity contribution in [2.75, 3.05) is 43.3 Å². The molecule has 0 radical (unpaired) electrons. The van der Waals surface area contributed by atoms with Crippen LogP contribution in [0.1, 0.15) is 12.5 Å². The molecule has 0 unspecified atom stereocenters. The Labute approximate surface area is 201 Å². The summed E-state index contributed by atoms with van der Waals surface area (Å²) in [5.41, 5.74) is 3.16. The third-order valence-electron chi connectivity index (χ3n) is 5.41. The summed E-state index contributed by atoms with van der Waals surface area (Å²) in [6.45, 7) is 4.42. The molecule has 33 heavy (non-hydrogen) atoms. The van der Waals surface area contributed by atoms with E-state index in [1.54, 1.807) is 7.11 Å². The van der Waals surface area contributed by atoms with Crippen LogP contribution in [-0.4, -0.2) is 54.8 Å². The van der Waals surface area contributed by atoms with Gasteiger partial charge in [0, 0.05) is 25.4 Å². The predicted octanol–water partition coefficient (Wildman–Crippen LogP) is 3.50. The number of ether oxygens (including phenoxy) is 2. The molecule has 0 saturated carbocycles. The molecule has 1 aromatic heterocycles. The highest BCUT2D eigenvalue weighted by molar-refractivity contribution is 8.00. The number of aromatic nitrogens is 1. The fourth-order valence-corrected chi connectivity index (χ4v) is 5.60. The van der Waals surface area contributed by atoms with Crippen LogP contribution >= 0.6 is 23.1 Å². The molecule has 2 amide bonds. The van der Waals surface area contributed by atoms with E-state index in [1.165, 1.54) is 28.7 Å². The zero-order valence-electron chi connectivity index (χ0n) is 18.8. The number of carbonyl (C=O) groups excluding carboxylic acids is 2. The Kier molecular flexibility index (Phi) is 7.85. The summed E-state index contributed by atoms with van der Waals surface area (Å²) in [5, 5.41) is 0. The molecular weight excluding hydrogens is 458 g/mol. The minimum atomic E-state index is -0.252. The highest BCUT2D eigenvalue weighted by Crippen LogP contribution is 2.28. The molecule has 3 aromatic rings. The fraction of sp³-hybridized carbons (Fsp3) is 0.375. The van der Waals surface area contributed by atoms with Crippen molar-refractivity contribution in [1.29, 1.82) is 0 Å². The first-order valence-electron chi connectivity index (χ1n) is 10.9. The lowest BCUT2D eigenvalue weighted by molar-refractivity contribution is -0.116. The number of benzene rings is 2. The number of hydrogen-bond acceptors (Lipinski definition) is 6. The molecule has 7 nitrogen and oxygen atoms in total. The van der Waals surface area contributed by atoms with Crippen molar-refractivity contribution in [1.82, 2.24) is 4.57 Å². The summed E-state index contributed by atoms with van der Waals surface area (Å²) in [6, 6.07) is 13.8. The van der Waals surface area contributed by atoms with E-state index in [1.807, 2.05) is 52.8 Å². The van der Waals surface area contributed by atoms with E-state index in [9.17, 15) is 9.59 Å². The maximum Gasteiger partial charge on any atom is 0.258 e. The van der Waals surface area contributed by atoms with Crippen molar-refractivity contribution in [2.45, 2.75) is 19.9 Å². The molecule has 0 aliphatic carbocycles. The van der Waals surface area contributed by atoms with Gasteiger partial charge in [-0.3, -0.25) is 9.59 Å². The van der Waals surface area contributed by atoms with E-state index in [2.05, 4.69) is 11.1 Å². The maximum absolute atomic E-state index is 12.7. The number of amides is 2. The molecule has 0 spiro atoms. The smallest absolute Gasteiger partial charge is 0.258 e. The molecule has 9 heteroatoms. The van der Waals surface area contributed by atoms with Crippen molar-refractivity contribution < 1.29 is 19.1 Å². The van der Waals surface area contributed by atoms with Crippen LogP contribution in [0.4, 0.5) is 5.69 Å². The SMILES string of the molecule is CCOCCn1c(=NC(=O)CSCC(=O)N2CCc3ccccc32)sc2cc(OC)ccc21. The molecule has 2 aromatic carbocycles. The van der Waals surface area contributed by atoms with Crippen molar-refractivity contribution >= 4 is 50.8 Å². The van der Waals surface area contributed by atoms with E-state index in [0.29, 0.717) is 31.1 Å². The molecule has 174 valence electrons. The third kappa shape index (κ3) is 5.48. The van der Waals surface area contributed by atoms with E-state index < -0.39 is 0 Å². The number of nitrogens with zero attached hydrogens (tertiary/aromatic N) is 3. The average molecular weight is 486 g/mol. The number of thiazole rings is 1. The van der Waals surface area contributed by atoms with Crippen molar-refractivity contribution in [2.24, 2.45) is 4.99 Å². The van der Waals surface area contributed by atoms with Gasteiger partial charge in [-0.2, -0.15) is 4.99 Å². The van der Waals surface area contributed by atoms with Crippen LogP contribution in [0.25, 0.3) is 10.2 Å². The standard InChI is InChI=1S/C24H27N3O4S2/c1-3-31-13-12-27-20-9-8-18(30-2)14-21(20)33-24(27)25-22(28)15-32-16-23(29)26-11-10-17-6-4-5-7-19(17)26/h4-9,14H,3,10-13,15-16H2,1-2H3. The van der Waals surface area contributed by atoms with Crippen molar-refractivity contribution in [3.63, 3.8) is 0 Å². The first-order valence-corrected chi connectivity index (χ1v) is 12.9. The number of carbonyl (C=O) groups is 2. The fourth-order valence-electron chi connectivity index (χ4n) is 3.82. The lowest BCUT2D eigenvalue weighted by Gasteiger charge is -2.16. The normalized spacial score (nSPS) is 13.5. The molecular formula is C24H27N3O4S2. The number of anilines is 1. The van der Waals surface area contributed by atoms with Crippen LogP contribution in [0.3, 0.4) is 0 Å². The highest BCUT2D eigenvalue weighted by Gasteiger charge is 2.23. The Bertz CT molecular complexity index is 1220. The second-order valence-corrected chi connectivity index (χ2v) is 9.48. The first kappa shape index (κ1) is 23.5. The summed E-state index contributed by atoms with van der Waals surface area (Å²) >= 11 is 2.75. The van der Waals surface area contributed by atoms with Gasteiger partial charge in [-0.05, 0) is 43.2 Å². The van der Waals surface area contributed by atoms with Crippen LogP contribution in [-0.2, 0) is 27.3 Å². The van der Waals surface area contributed by atoms with Crippen molar-refractivity contribution in [3.05, 3.63) is 52.8 Å². The van der Waals surface area contributed by atoms with Gasteiger partial charge in [-0.25, -0.2) is 0 Å². The van der Waals surface area contributed by atoms with E-state index >= 15 is 0 Å². The third-order valence-corrected chi connectivity index (χ3v) is 7.36. The number of methoxy groups -OCH3 is 1. The summed E-state index contributed by atoms with van der Waals surface area (Å²) in [4.78, 5) is 32.1. The largest absolute Gasteiger partial charge is 0.497 e. The lowest BCUT2D eigenvalue weighted by Crippen LogP contribution is -2.30. The second-order valence-electron chi connectivity index (χ2n) is 7.49. The van der Waals surface area contributed by atoms with Crippen LogP contribution < -0.4 is 14.4 Å². The molecule has 4 rings (SSSR count). The van der Waals surface area contributed by atoms with E-state index in [0.717, 1.165) is 28.1 Å². The minimum absolute atomic E-state index is 0.0264. The van der Waals surface area contributed by atoms with Gasteiger partial charge in [0.2, 0.25) is 5.91 Å². The van der Waals surface area contributed by atoms with Gasteiger partial charge in [0.15, 0.2) is 4.80 Å². The average Bonchev–Trinajstić information content (AvgIpc) is 3.40. The minimum Gasteiger partial charge on any atom is -0.497 e. The molecule has 0 bridgehead atoms. The van der Waals surface area contributed by atoms with Crippen LogP contribution in [0.5, 0.6) is 5.75 Å². The number of rotatable bonds is 9. The molecule has 0 saturated heterocycles. The van der Waals surface area contributed by atoms with Gasteiger partial charge < -0.3 is 18.9 Å². The van der Waals surface area contributed by atoms with Gasteiger partial charge in [0.05, 0.1) is 35.4 Å². The van der Waals surface area contributed by atoms with Crippen molar-refractivity contribution in [3.8, 4) is 5.75 Å². The van der Waals surface area contributed by atoms with Gasteiger partial charge >= 0.3 is 0 Å². The number of hydrogen-bond donors (Lipinski definition) is 0. The number of fused-ring (bicyclic) bond motifs is 2. The summed E-state index contributed by atoms with van der Waals surface area (Å²) < 4.78 is 13.8. The Morgan fingerprint density at radius 1 is 1.18 bits per heavy atom. The molecule has 2 heterocycles. The zero-order chi connectivity index (χ0) is 23.2. The predicted molar refractivity (Wildman–Crippen MR) is 133 cm³/mol. The highest BCUT2D eigenvalue weighted by atomic mass is 32.2. The quantitative estimate of drug-likeness (QED) is 0.434.